The second-order valence-electron chi connectivity index (χ2n) is 6.45. The van der Waals surface area contributed by atoms with Crippen molar-refractivity contribution in [3.63, 3.8) is 0 Å². The maximum atomic E-state index is 6.32. The molecule has 0 aromatic carbocycles. The molecule has 0 aromatic rings. The molecule has 0 radical (unpaired) electrons. The van der Waals surface area contributed by atoms with Gasteiger partial charge in [-0.15, -0.1) is 0 Å². The quantitative estimate of drug-likeness (QED) is 0.841. The Hall–Kier alpha value is -0.120. The van der Waals surface area contributed by atoms with E-state index in [2.05, 4.69) is 0 Å². The molecule has 104 valence electrons. The maximum Gasteiger partial charge on any atom is 0.0809 e. The van der Waals surface area contributed by atoms with Gasteiger partial charge in [-0.3, -0.25) is 0 Å². The van der Waals surface area contributed by atoms with Crippen molar-refractivity contribution < 1.29 is 9.47 Å². The average molecular weight is 253 g/mol. The third kappa shape index (κ3) is 2.33. The van der Waals surface area contributed by atoms with Crippen LogP contribution < -0.4 is 5.73 Å². The van der Waals surface area contributed by atoms with Crippen LogP contribution >= 0.6 is 0 Å². The van der Waals surface area contributed by atoms with E-state index in [0.29, 0.717) is 23.7 Å². The number of rotatable bonds is 3. The molecule has 1 spiro atoms. The smallest absolute Gasteiger partial charge is 0.0809 e. The molecular formula is C15H27NO2. The molecule has 3 aliphatic rings. The predicted octanol–water partition coefficient (Wildman–Crippen LogP) is 2.62. The topological polar surface area (TPSA) is 44.5 Å². The van der Waals surface area contributed by atoms with Crippen LogP contribution in [0.25, 0.3) is 0 Å². The third-order valence-electron chi connectivity index (χ3n) is 5.39. The van der Waals surface area contributed by atoms with Crippen LogP contribution in [0.2, 0.25) is 0 Å². The normalized spacial score (nSPS) is 39.5. The summed E-state index contributed by atoms with van der Waals surface area (Å²) < 4.78 is 11.8. The molecular weight excluding hydrogens is 226 g/mol. The Bertz CT molecular complexity index is 268. The Morgan fingerprint density at radius 1 is 1.11 bits per heavy atom. The highest BCUT2D eigenvalue weighted by Crippen LogP contribution is 2.51. The average Bonchev–Trinajstić information content (AvgIpc) is 2.75. The summed E-state index contributed by atoms with van der Waals surface area (Å²) in [6.07, 6.45) is 12.2. The SMILES string of the molecule is NC1CC(OCC2CCCO2)C12CCCCCC2. The summed E-state index contributed by atoms with van der Waals surface area (Å²) in [4.78, 5) is 0. The fourth-order valence-corrected chi connectivity index (χ4v) is 4.09. The molecule has 3 rings (SSSR count). The number of hydrogen-bond donors (Lipinski definition) is 1. The Labute approximate surface area is 110 Å². The predicted molar refractivity (Wildman–Crippen MR) is 71.4 cm³/mol. The highest BCUT2D eigenvalue weighted by molar-refractivity contribution is 5.07. The Kier molecular flexibility index (Phi) is 3.92. The van der Waals surface area contributed by atoms with E-state index in [4.69, 9.17) is 15.2 Å². The van der Waals surface area contributed by atoms with E-state index in [1.807, 2.05) is 0 Å². The van der Waals surface area contributed by atoms with E-state index in [1.165, 1.54) is 51.4 Å². The van der Waals surface area contributed by atoms with E-state index in [9.17, 15) is 0 Å². The molecule has 3 fully saturated rings. The summed E-state index contributed by atoms with van der Waals surface area (Å²) >= 11 is 0. The fraction of sp³-hybridized carbons (Fsp3) is 1.00. The van der Waals surface area contributed by atoms with Crippen LogP contribution in [0.3, 0.4) is 0 Å². The molecule has 2 saturated carbocycles. The first kappa shape index (κ1) is 12.9. The molecule has 3 nitrogen and oxygen atoms in total. The van der Waals surface area contributed by atoms with Gasteiger partial charge in [0.25, 0.3) is 0 Å². The highest BCUT2D eigenvalue weighted by Gasteiger charge is 2.53. The van der Waals surface area contributed by atoms with E-state index in [1.54, 1.807) is 0 Å². The molecule has 3 heteroatoms. The monoisotopic (exact) mass is 253 g/mol. The van der Waals surface area contributed by atoms with Crippen molar-refractivity contribution in [2.45, 2.75) is 76.0 Å². The van der Waals surface area contributed by atoms with Crippen molar-refractivity contribution in [2.24, 2.45) is 11.1 Å². The standard InChI is InChI=1S/C15H27NO2/c16-13-10-14(18-11-12-6-5-9-17-12)15(13)7-3-1-2-4-8-15/h12-14H,1-11,16H2. The van der Waals surface area contributed by atoms with Crippen molar-refractivity contribution in [2.75, 3.05) is 13.2 Å². The van der Waals surface area contributed by atoms with Gasteiger partial charge in [0.1, 0.15) is 0 Å². The van der Waals surface area contributed by atoms with Gasteiger partial charge in [0, 0.05) is 18.1 Å². The fourth-order valence-electron chi connectivity index (χ4n) is 4.09. The lowest BCUT2D eigenvalue weighted by atomic mass is 9.58. The van der Waals surface area contributed by atoms with Gasteiger partial charge >= 0.3 is 0 Å². The molecule has 3 atom stereocenters. The van der Waals surface area contributed by atoms with Gasteiger partial charge in [-0.1, -0.05) is 25.7 Å². The minimum atomic E-state index is 0.315. The van der Waals surface area contributed by atoms with Gasteiger partial charge in [-0.2, -0.15) is 0 Å². The first-order chi connectivity index (χ1) is 8.81. The minimum absolute atomic E-state index is 0.315. The van der Waals surface area contributed by atoms with Crippen LogP contribution in [0.15, 0.2) is 0 Å². The Balaban J connectivity index is 1.54. The molecule has 1 saturated heterocycles. The zero-order valence-electron chi connectivity index (χ0n) is 11.4. The molecule has 0 amide bonds. The lowest BCUT2D eigenvalue weighted by molar-refractivity contribution is -0.150. The molecule has 0 bridgehead atoms. The van der Waals surface area contributed by atoms with Crippen LogP contribution in [-0.4, -0.2) is 31.5 Å². The number of nitrogens with two attached hydrogens (primary N) is 1. The summed E-state index contributed by atoms with van der Waals surface area (Å²) in [7, 11) is 0. The number of hydrogen-bond acceptors (Lipinski definition) is 3. The summed E-state index contributed by atoms with van der Waals surface area (Å²) in [6.45, 7) is 1.71. The second kappa shape index (κ2) is 5.48. The van der Waals surface area contributed by atoms with Gasteiger partial charge in [0.2, 0.25) is 0 Å². The van der Waals surface area contributed by atoms with E-state index in [-0.39, 0.29) is 0 Å². The lowest BCUT2D eigenvalue weighted by Gasteiger charge is -2.54. The third-order valence-corrected chi connectivity index (χ3v) is 5.39. The molecule has 2 aliphatic carbocycles. The summed E-state index contributed by atoms with van der Waals surface area (Å²) in [5, 5.41) is 0. The first-order valence-electron chi connectivity index (χ1n) is 7.80. The zero-order valence-corrected chi connectivity index (χ0v) is 11.4. The van der Waals surface area contributed by atoms with Crippen LogP contribution in [0.5, 0.6) is 0 Å². The lowest BCUT2D eigenvalue weighted by Crippen LogP contribution is -2.62. The Morgan fingerprint density at radius 2 is 1.89 bits per heavy atom. The van der Waals surface area contributed by atoms with Crippen molar-refractivity contribution >= 4 is 0 Å². The van der Waals surface area contributed by atoms with Crippen molar-refractivity contribution in [1.29, 1.82) is 0 Å². The maximum absolute atomic E-state index is 6.32. The Morgan fingerprint density at radius 3 is 2.50 bits per heavy atom. The van der Waals surface area contributed by atoms with Gasteiger partial charge in [0.15, 0.2) is 0 Å². The molecule has 1 aliphatic heterocycles. The van der Waals surface area contributed by atoms with Crippen LogP contribution in [0.1, 0.15) is 57.8 Å². The summed E-state index contributed by atoms with van der Waals surface area (Å²) in [5.74, 6) is 0. The largest absolute Gasteiger partial charge is 0.376 e. The summed E-state index contributed by atoms with van der Waals surface area (Å²) in [6, 6.07) is 0.380. The van der Waals surface area contributed by atoms with Crippen LogP contribution in [-0.2, 0) is 9.47 Å². The second-order valence-corrected chi connectivity index (χ2v) is 6.45. The first-order valence-corrected chi connectivity index (χ1v) is 7.80. The summed E-state index contributed by atoms with van der Waals surface area (Å²) in [5.41, 5.74) is 6.64. The van der Waals surface area contributed by atoms with Crippen molar-refractivity contribution in [3.05, 3.63) is 0 Å². The molecule has 1 heterocycles. The molecule has 0 aromatic heterocycles. The minimum Gasteiger partial charge on any atom is -0.376 e. The van der Waals surface area contributed by atoms with E-state index >= 15 is 0 Å². The van der Waals surface area contributed by atoms with Crippen LogP contribution in [0, 0.1) is 5.41 Å². The van der Waals surface area contributed by atoms with Crippen LogP contribution in [0.4, 0.5) is 0 Å². The van der Waals surface area contributed by atoms with Gasteiger partial charge < -0.3 is 15.2 Å². The number of ether oxygens (including phenoxy) is 2. The molecule has 18 heavy (non-hydrogen) atoms. The molecule has 2 N–H and O–H groups in total. The zero-order chi connectivity index (χ0) is 12.4. The van der Waals surface area contributed by atoms with Crippen molar-refractivity contribution in [3.8, 4) is 0 Å². The molecule has 3 unspecified atom stereocenters. The van der Waals surface area contributed by atoms with Gasteiger partial charge in [-0.05, 0) is 32.1 Å². The van der Waals surface area contributed by atoms with Gasteiger partial charge in [0.05, 0.1) is 18.8 Å². The van der Waals surface area contributed by atoms with E-state index in [0.717, 1.165) is 19.6 Å². The van der Waals surface area contributed by atoms with Crippen molar-refractivity contribution in [1.82, 2.24) is 0 Å². The van der Waals surface area contributed by atoms with Gasteiger partial charge in [-0.25, -0.2) is 0 Å². The highest BCUT2D eigenvalue weighted by atomic mass is 16.5. The van der Waals surface area contributed by atoms with E-state index < -0.39 is 0 Å².